The Morgan fingerprint density at radius 1 is 1.03 bits per heavy atom. The Hall–Kier alpha value is -4.38. The second kappa shape index (κ2) is 10.0. The number of nitrogens with one attached hydrogen (secondary N) is 2. The van der Waals surface area contributed by atoms with Gasteiger partial charge in [-0.05, 0) is 48.5 Å². The molecule has 0 saturated heterocycles. The van der Waals surface area contributed by atoms with Crippen LogP contribution in [-0.2, 0) is 4.79 Å². The molecule has 0 spiro atoms. The summed E-state index contributed by atoms with van der Waals surface area (Å²) < 4.78 is 7.18. The molecular weight excluding hydrogens is 458 g/mol. The highest BCUT2D eigenvalue weighted by Gasteiger charge is 2.15. The number of non-ortho nitro benzene ring substituents is 1. The van der Waals surface area contributed by atoms with Crippen molar-refractivity contribution >= 4 is 40.3 Å². The number of aromatic nitrogens is 2. The Bertz CT molecular complexity index is 1350. The average molecular weight is 478 g/mol. The monoisotopic (exact) mass is 477 g/mol. The SMILES string of the molecule is COc1ccc(-n2c(SCC(=O)NNC(=O)c3ccc([N+](=O)[O-])cc3)nc3ccccc32)cc1. The smallest absolute Gasteiger partial charge is 0.269 e. The molecule has 172 valence electrons. The fourth-order valence-corrected chi connectivity index (χ4v) is 4.01. The van der Waals surface area contributed by atoms with Gasteiger partial charge >= 0.3 is 0 Å². The van der Waals surface area contributed by atoms with E-state index in [1.165, 1.54) is 36.0 Å². The predicted molar refractivity (Wildman–Crippen MR) is 127 cm³/mol. The Morgan fingerprint density at radius 3 is 2.41 bits per heavy atom. The number of hydrogen-bond acceptors (Lipinski definition) is 7. The third-order valence-corrected chi connectivity index (χ3v) is 5.79. The summed E-state index contributed by atoms with van der Waals surface area (Å²) in [6.45, 7) is 0. The van der Waals surface area contributed by atoms with Gasteiger partial charge < -0.3 is 4.74 Å². The van der Waals surface area contributed by atoms with Crippen LogP contribution in [0, 0.1) is 10.1 Å². The number of nitro benzene ring substituents is 1. The summed E-state index contributed by atoms with van der Waals surface area (Å²) in [5, 5.41) is 11.3. The number of ether oxygens (including phenoxy) is 1. The lowest BCUT2D eigenvalue weighted by Crippen LogP contribution is -2.42. The number of thioether (sulfide) groups is 1. The van der Waals surface area contributed by atoms with E-state index >= 15 is 0 Å². The topological polar surface area (TPSA) is 128 Å². The van der Waals surface area contributed by atoms with E-state index < -0.39 is 16.7 Å². The molecule has 0 saturated carbocycles. The number of carbonyl (C=O) groups is 2. The molecule has 0 aliphatic carbocycles. The highest BCUT2D eigenvalue weighted by molar-refractivity contribution is 7.99. The highest BCUT2D eigenvalue weighted by atomic mass is 32.2. The number of rotatable bonds is 7. The standard InChI is InChI=1S/C23H19N5O5S/c1-33-18-12-10-16(11-13-18)27-20-5-3-2-4-19(20)24-23(27)34-14-21(29)25-26-22(30)15-6-8-17(9-7-15)28(31)32/h2-13H,14H2,1H3,(H,25,29)(H,26,30). The van der Waals surface area contributed by atoms with Gasteiger partial charge in [0.15, 0.2) is 5.16 Å². The molecule has 4 aromatic rings. The van der Waals surface area contributed by atoms with Gasteiger partial charge in [0.25, 0.3) is 11.6 Å². The van der Waals surface area contributed by atoms with Crippen LogP contribution in [0.2, 0.25) is 0 Å². The number of nitro groups is 1. The van der Waals surface area contributed by atoms with Crippen LogP contribution in [0.1, 0.15) is 10.4 Å². The molecule has 0 bridgehead atoms. The molecule has 1 aromatic heterocycles. The molecule has 0 atom stereocenters. The van der Waals surface area contributed by atoms with Gasteiger partial charge in [-0.25, -0.2) is 4.98 Å². The van der Waals surface area contributed by atoms with Gasteiger partial charge in [0, 0.05) is 23.4 Å². The summed E-state index contributed by atoms with van der Waals surface area (Å²) in [6.07, 6.45) is 0. The minimum absolute atomic E-state index is 0.0000179. The number of nitrogens with zero attached hydrogens (tertiary/aromatic N) is 3. The zero-order chi connectivity index (χ0) is 24.1. The molecule has 2 N–H and O–H groups in total. The zero-order valence-electron chi connectivity index (χ0n) is 17.9. The first-order valence-electron chi connectivity index (χ1n) is 10.0. The molecule has 34 heavy (non-hydrogen) atoms. The summed E-state index contributed by atoms with van der Waals surface area (Å²) >= 11 is 1.22. The number of fused-ring (bicyclic) bond motifs is 1. The van der Waals surface area contributed by atoms with Crippen LogP contribution < -0.4 is 15.6 Å². The van der Waals surface area contributed by atoms with Gasteiger partial charge in [0.1, 0.15) is 5.75 Å². The number of methoxy groups -OCH3 is 1. The minimum Gasteiger partial charge on any atom is -0.497 e. The van der Waals surface area contributed by atoms with Crippen molar-refractivity contribution in [3.8, 4) is 11.4 Å². The van der Waals surface area contributed by atoms with E-state index in [2.05, 4.69) is 15.8 Å². The molecule has 0 unspecified atom stereocenters. The number of hydrazine groups is 1. The molecule has 4 rings (SSSR count). The van der Waals surface area contributed by atoms with Gasteiger partial charge in [-0.3, -0.25) is 35.1 Å². The molecule has 2 amide bonds. The van der Waals surface area contributed by atoms with E-state index in [4.69, 9.17) is 4.74 Å². The van der Waals surface area contributed by atoms with Crippen LogP contribution >= 0.6 is 11.8 Å². The fourth-order valence-electron chi connectivity index (χ4n) is 3.18. The summed E-state index contributed by atoms with van der Waals surface area (Å²) in [4.78, 5) is 39.3. The number of carbonyl (C=O) groups excluding carboxylic acids is 2. The molecular formula is C23H19N5O5S. The lowest BCUT2D eigenvalue weighted by molar-refractivity contribution is -0.384. The quantitative estimate of drug-likeness (QED) is 0.237. The summed E-state index contributed by atoms with van der Waals surface area (Å²) in [7, 11) is 1.60. The van der Waals surface area contributed by atoms with Crippen LogP contribution in [-0.4, -0.2) is 39.2 Å². The van der Waals surface area contributed by atoms with Crippen LogP contribution in [0.25, 0.3) is 16.7 Å². The maximum atomic E-state index is 12.4. The first-order chi connectivity index (χ1) is 16.5. The van der Waals surface area contributed by atoms with E-state index in [1.807, 2.05) is 53.1 Å². The number of imidazole rings is 1. The third-order valence-electron chi connectivity index (χ3n) is 4.85. The van der Waals surface area contributed by atoms with Crippen molar-refractivity contribution in [3.05, 3.63) is 88.5 Å². The van der Waals surface area contributed by atoms with Gasteiger partial charge in [0.2, 0.25) is 5.91 Å². The maximum absolute atomic E-state index is 12.4. The third kappa shape index (κ3) is 4.99. The second-order valence-electron chi connectivity index (χ2n) is 7.01. The lowest BCUT2D eigenvalue weighted by atomic mass is 10.2. The molecule has 0 aliphatic rings. The van der Waals surface area contributed by atoms with Crippen LogP contribution in [0.4, 0.5) is 5.69 Å². The number of hydrogen-bond donors (Lipinski definition) is 2. The Balaban J connectivity index is 1.43. The van der Waals surface area contributed by atoms with Crippen molar-refractivity contribution in [2.45, 2.75) is 5.16 Å². The average Bonchev–Trinajstić information content (AvgIpc) is 3.24. The second-order valence-corrected chi connectivity index (χ2v) is 7.95. The minimum atomic E-state index is -0.585. The van der Waals surface area contributed by atoms with Crippen molar-refractivity contribution in [3.63, 3.8) is 0 Å². The lowest BCUT2D eigenvalue weighted by Gasteiger charge is -2.10. The predicted octanol–water partition coefficient (Wildman–Crippen LogP) is 3.50. The number of benzene rings is 3. The Morgan fingerprint density at radius 2 is 1.74 bits per heavy atom. The van der Waals surface area contributed by atoms with E-state index in [9.17, 15) is 19.7 Å². The van der Waals surface area contributed by atoms with E-state index in [1.54, 1.807) is 7.11 Å². The van der Waals surface area contributed by atoms with Crippen molar-refractivity contribution in [2.75, 3.05) is 12.9 Å². The molecule has 10 nitrogen and oxygen atoms in total. The van der Waals surface area contributed by atoms with E-state index in [0.717, 1.165) is 22.5 Å². The maximum Gasteiger partial charge on any atom is 0.269 e. The first kappa shape index (κ1) is 22.8. The first-order valence-corrected chi connectivity index (χ1v) is 11.0. The zero-order valence-corrected chi connectivity index (χ0v) is 18.7. The Labute approximate surface area is 198 Å². The van der Waals surface area contributed by atoms with Gasteiger partial charge in [-0.2, -0.15) is 0 Å². The molecule has 0 radical (unpaired) electrons. The van der Waals surface area contributed by atoms with Crippen molar-refractivity contribution < 1.29 is 19.2 Å². The fraction of sp³-hybridized carbons (Fsp3) is 0.0870. The van der Waals surface area contributed by atoms with Crippen molar-refractivity contribution in [1.82, 2.24) is 20.4 Å². The normalized spacial score (nSPS) is 10.6. The van der Waals surface area contributed by atoms with Crippen molar-refractivity contribution in [1.29, 1.82) is 0 Å². The summed E-state index contributed by atoms with van der Waals surface area (Å²) in [5.41, 5.74) is 7.25. The Kier molecular flexibility index (Phi) is 6.74. The molecule has 0 aliphatic heterocycles. The van der Waals surface area contributed by atoms with E-state index in [-0.39, 0.29) is 17.0 Å². The number of para-hydroxylation sites is 2. The van der Waals surface area contributed by atoms with Gasteiger partial charge in [-0.15, -0.1) is 0 Å². The van der Waals surface area contributed by atoms with Crippen LogP contribution in [0.3, 0.4) is 0 Å². The molecule has 3 aromatic carbocycles. The number of amides is 2. The summed E-state index contributed by atoms with van der Waals surface area (Å²) in [6, 6.07) is 20.2. The molecule has 1 heterocycles. The van der Waals surface area contributed by atoms with E-state index in [0.29, 0.717) is 5.16 Å². The molecule has 0 fully saturated rings. The van der Waals surface area contributed by atoms with Crippen LogP contribution in [0.5, 0.6) is 5.75 Å². The molecule has 11 heteroatoms. The largest absolute Gasteiger partial charge is 0.497 e. The summed E-state index contributed by atoms with van der Waals surface area (Å²) in [5.74, 6) is -0.294. The van der Waals surface area contributed by atoms with Gasteiger partial charge in [0.05, 0.1) is 28.8 Å². The van der Waals surface area contributed by atoms with Crippen molar-refractivity contribution in [2.24, 2.45) is 0 Å². The highest BCUT2D eigenvalue weighted by Crippen LogP contribution is 2.28. The van der Waals surface area contributed by atoms with Crippen LogP contribution in [0.15, 0.2) is 78.0 Å². The van der Waals surface area contributed by atoms with Gasteiger partial charge in [-0.1, -0.05) is 23.9 Å².